The molecule has 4 fully saturated rings. The van der Waals surface area contributed by atoms with E-state index in [1.54, 1.807) is 0 Å². The summed E-state index contributed by atoms with van der Waals surface area (Å²) in [6.07, 6.45) is -21.5. The number of ether oxygens (including phenoxy) is 10. The topological polar surface area (TPSA) is 308 Å². The molecular formula is C55H110N5O20+. The summed E-state index contributed by atoms with van der Waals surface area (Å²) in [5, 5.41) is 116. The van der Waals surface area contributed by atoms with Crippen LogP contribution in [-0.4, -0.2) is 355 Å². The molecule has 80 heavy (non-hydrogen) atoms. The lowest BCUT2D eigenvalue weighted by molar-refractivity contribution is -0.924. The van der Waals surface area contributed by atoms with Crippen molar-refractivity contribution in [1.82, 2.24) is 19.6 Å². The van der Waals surface area contributed by atoms with Crippen molar-refractivity contribution in [3.63, 3.8) is 0 Å². The zero-order chi connectivity index (χ0) is 59.3. The number of aliphatic hydroxyl groups excluding tert-OH is 8. The molecule has 5 unspecified atom stereocenters. The van der Waals surface area contributed by atoms with Crippen LogP contribution in [0.4, 0.5) is 0 Å². The molecule has 0 aromatic heterocycles. The summed E-state index contributed by atoms with van der Waals surface area (Å²) < 4.78 is 61.7. The maximum absolute atomic E-state index is 12.8. The lowest BCUT2D eigenvalue weighted by Gasteiger charge is -2.42. The Morgan fingerprint density at radius 2 is 0.900 bits per heavy atom. The molecule has 4 saturated heterocycles. The molecule has 0 saturated carbocycles. The van der Waals surface area contributed by atoms with Crippen LogP contribution in [0.15, 0.2) is 0 Å². The van der Waals surface area contributed by atoms with Gasteiger partial charge < -0.3 is 118 Å². The van der Waals surface area contributed by atoms with Crippen molar-refractivity contribution in [3.05, 3.63) is 0 Å². The fourth-order valence-electron chi connectivity index (χ4n) is 11.2. The molecule has 0 radical (unpaired) electrons. The highest BCUT2D eigenvalue weighted by Gasteiger charge is 2.63. The summed E-state index contributed by atoms with van der Waals surface area (Å²) in [7, 11) is 0. The Hall–Kier alpha value is -1.00. The molecule has 0 aliphatic carbocycles. The number of likely N-dealkylation sites (N-methyl/N-ethyl adjacent to an activating group) is 5. The summed E-state index contributed by atoms with van der Waals surface area (Å²) in [5.41, 5.74) is -4.95. The van der Waals surface area contributed by atoms with E-state index >= 15 is 0 Å². The van der Waals surface area contributed by atoms with Crippen LogP contribution >= 0.6 is 0 Å². The average Bonchev–Trinajstić information content (AvgIpc) is 4.20. The third-order valence-electron chi connectivity index (χ3n) is 17.6. The van der Waals surface area contributed by atoms with Crippen LogP contribution in [0.25, 0.3) is 0 Å². The normalized spacial score (nSPS) is 35.1. The van der Waals surface area contributed by atoms with Gasteiger partial charge >= 0.3 is 0 Å². The lowest BCUT2D eigenvalue weighted by atomic mass is 9.85. The first-order chi connectivity index (χ1) is 38.2. The summed E-state index contributed by atoms with van der Waals surface area (Å²) >= 11 is 0. The van der Waals surface area contributed by atoms with E-state index < -0.39 is 122 Å². The second-order valence-corrected chi connectivity index (χ2v) is 22.0. The number of nitrogens with zero attached hydrogens (tertiary/aromatic N) is 5. The molecule has 0 aromatic carbocycles. The van der Waals surface area contributed by atoms with E-state index in [2.05, 4.69) is 47.3 Å². The van der Waals surface area contributed by atoms with Gasteiger partial charge in [0.1, 0.15) is 85.9 Å². The molecule has 25 nitrogen and oxygen atoms in total. The van der Waals surface area contributed by atoms with E-state index in [0.717, 1.165) is 83.0 Å². The Morgan fingerprint density at radius 1 is 0.450 bits per heavy atom. The van der Waals surface area contributed by atoms with Gasteiger partial charge in [0, 0.05) is 32.6 Å². The van der Waals surface area contributed by atoms with Crippen LogP contribution in [0.2, 0.25) is 0 Å². The molecule has 17 atom stereocenters. The Bertz CT molecular complexity index is 1660. The average molecular weight is 1160 g/mol. The summed E-state index contributed by atoms with van der Waals surface area (Å²) in [6.45, 7) is 31.0. The van der Waals surface area contributed by atoms with Crippen molar-refractivity contribution < 1.29 is 103 Å². The molecule has 4 aliphatic rings. The lowest BCUT2D eigenvalue weighted by Crippen LogP contribution is -2.61. The van der Waals surface area contributed by atoms with Gasteiger partial charge in [-0.3, -0.25) is 4.90 Å². The van der Waals surface area contributed by atoms with Crippen LogP contribution in [0.1, 0.15) is 75.7 Å². The molecular weight excluding hydrogens is 1050 g/mol. The Balaban J connectivity index is 1.61. The highest BCUT2D eigenvalue weighted by molar-refractivity contribution is 5.08. The van der Waals surface area contributed by atoms with Gasteiger partial charge in [0.25, 0.3) is 0 Å². The van der Waals surface area contributed by atoms with Crippen molar-refractivity contribution in [2.45, 2.75) is 178 Å². The third kappa shape index (κ3) is 18.5. The molecule has 25 heteroatoms. The SMILES string of the molecule is CCN(CC)CCOCC1O[C@H](C[C@@H]2O[C@H](COCC[N+](CC)(CC)CCN(CC)CC)[C@H](O)C2(O)CO[C@@H]2O[C@H](COCCN(CC)CC)[C@H](O)C2(O)CO[C@]2(CO)O[C@H](COCCN(CC)CC)[C@H](O)C2O)C(O)[C@@H](O)[C@@H]1O. The molecule has 10 N–H and O–H groups in total. The van der Waals surface area contributed by atoms with Crippen LogP contribution in [0.5, 0.6) is 0 Å². The minimum atomic E-state index is -2.56. The smallest absolute Gasteiger partial charge is 0.221 e. The van der Waals surface area contributed by atoms with Crippen molar-refractivity contribution in [2.24, 2.45) is 0 Å². The molecule has 4 rings (SSSR count). The summed E-state index contributed by atoms with van der Waals surface area (Å²) in [4.78, 5) is 8.80. The van der Waals surface area contributed by atoms with Crippen LogP contribution in [0, 0.1) is 0 Å². The van der Waals surface area contributed by atoms with Crippen LogP contribution in [0.3, 0.4) is 0 Å². The van der Waals surface area contributed by atoms with E-state index in [0.29, 0.717) is 46.0 Å². The first-order valence-electron chi connectivity index (χ1n) is 30.0. The number of hydrogen-bond donors (Lipinski definition) is 10. The van der Waals surface area contributed by atoms with Gasteiger partial charge in [-0.15, -0.1) is 0 Å². The predicted molar refractivity (Wildman–Crippen MR) is 295 cm³/mol. The summed E-state index contributed by atoms with van der Waals surface area (Å²) in [6, 6.07) is 0. The van der Waals surface area contributed by atoms with Crippen molar-refractivity contribution in [2.75, 3.05) is 177 Å². The van der Waals surface area contributed by atoms with Crippen molar-refractivity contribution in [3.8, 4) is 0 Å². The molecule has 0 spiro atoms. The van der Waals surface area contributed by atoms with Gasteiger partial charge in [-0.1, -0.05) is 55.4 Å². The van der Waals surface area contributed by atoms with E-state index in [4.69, 9.17) is 47.4 Å². The Labute approximate surface area is 477 Å². The van der Waals surface area contributed by atoms with Crippen LogP contribution < -0.4 is 0 Å². The largest absolute Gasteiger partial charge is 0.391 e. The minimum absolute atomic E-state index is 0.128. The first-order valence-corrected chi connectivity index (χ1v) is 30.0. The minimum Gasteiger partial charge on any atom is -0.391 e. The Kier molecular flexibility index (Phi) is 31.2. The predicted octanol–water partition coefficient (Wildman–Crippen LogP) is -2.96. The third-order valence-corrected chi connectivity index (χ3v) is 17.6. The Morgan fingerprint density at radius 3 is 1.40 bits per heavy atom. The van der Waals surface area contributed by atoms with E-state index in [9.17, 15) is 51.1 Å². The van der Waals surface area contributed by atoms with Gasteiger partial charge in [-0.2, -0.15) is 0 Å². The van der Waals surface area contributed by atoms with Gasteiger partial charge in [0.2, 0.25) is 5.79 Å². The van der Waals surface area contributed by atoms with Crippen LogP contribution in [-0.2, 0) is 47.4 Å². The number of rotatable bonds is 42. The zero-order valence-electron chi connectivity index (χ0n) is 50.2. The zero-order valence-corrected chi connectivity index (χ0v) is 50.2. The van der Waals surface area contributed by atoms with Gasteiger partial charge in [-0.25, -0.2) is 0 Å². The summed E-state index contributed by atoms with van der Waals surface area (Å²) in [5.74, 6) is -2.32. The van der Waals surface area contributed by atoms with Gasteiger partial charge in [0.15, 0.2) is 11.9 Å². The van der Waals surface area contributed by atoms with E-state index in [1.807, 2.05) is 41.5 Å². The maximum atomic E-state index is 12.8. The fraction of sp³-hybridized carbons (Fsp3) is 1.00. The first kappa shape index (κ1) is 71.5. The number of hydrogen-bond acceptors (Lipinski definition) is 24. The van der Waals surface area contributed by atoms with Crippen molar-refractivity contribution >= 4 is 0 Å². The molecule has 0 bridgehead atoms. The molecule has 4 aliphatic heterocycles. The second kappa shape index (κ2) is 35.0. The monoisotopic (exact) mass is 1160 g/mol. The fourth-order valence-corrected chi connectivity index (χ4v) is 11.2. The highest BCUT2D eigenvalue weighted by atomic mass is 16.8. The van der Waals surface area contributed by atoms with Crippen molar-refractivity contribution in [1.29, 1.82) is 0 Å². The number of quaternary nitrogens is 1. The highest BCUT2D eigenvalue weighted by Crippen LogP contribution is 2.41. The molecule has 0 amide bonds. The molecule has 474 valence electrons. The van der Waals surface area contributed by atoms with E-state index in [1.165, 1.54) is 0 Å². The molecule has 4 heterocycles. The van der Waals surface area contributed by atoms with Gasteiger partial charge in [0.05, 0.1) is 97.9 Å². The van der Waals surface area contributed by atoms with E-state index in [-0.39, 0.29) is 39.5 Å². The standard InChI is InChI=1S/C55H110N5O20/c1-11-56(12-2)21-25-60(19-9,20-10)26-30-74-34-42-49(66)53(69,44(78-42)31-39-45(62)48(65)46(63)40(77-39)32-71-27-22-57(13-3)14-4)37-75-52-54(70,50(67)43(79-52)35-73-29-24-59(17-7)18-8)38-76-55(36-61)51(68)47(64)41(80-55)33-72-28-23-58(15-5)16-6/h39-52,61-70H,11-38H2,1-10H3/q+1/t39-,40?,41-,42-,43-,44+,45?,46-,47+,48-,49+,50+,51?,52-,53?,54?,55-/m1/s1. The maximum Gasteiger partial charge on any atom is 0.221 e. The molecule has 0 aromatic rings. The quantitative estimate of drug-likeness (QED) is 0.0216. The number of aliphatic hydroxyl groups is 10. The second-order valence-electron chi connectivity index (χ2n) is 22.0. The van der Waals surface area contributed by atoms with Gasteiger partial charge in [-0.05, 0) is 66.2 Å².